The van der Waals surface area contributed by atoms with Gasteiger partial charge in [0, 0.05) is 0 Å². The predicted octanol–water partition coefficient (Wildman–Crippen LogP) is 1.10. The molecule has 0 aromatic rings. The molecule has 5 heteroatoms. The summed E-state index contributed by atoms with van der Waals surface area (Å²) in [5, 5.41) is 2.72. The van der Waals surface area contributed by atoms with Crippen LogP contribution in [0.1, 0.15) is 0 Å². The van der Waals surface area contributed by atoms with Gasteiger partial charge in [0.25, 0.3) is 0 Å². The van der Waals surface area contributed by atoms with Gasteiger partial charge in [0.15, 0.2) is 0 Å². The summed E-state index contributed by atoms with van der Waals surface area (Å²) < 4.78 is 10.3. The molecule has 0 aliphatic carbocycles. The summed E-state index contributed by atoms with van der Waals surface area (Å²) in [7, 11) is 0. The minimum absolute atomic E-state index is 0.0675. The fourth-order valence-corrected chi connectivity index (χ4v) is 1.63. The van der Waals surface area contributed by atoms with E-state index in [4.69, 9.17) is 9.47 Å². The lowest BCUT2D eigenvalue weighted by molar-refractivity contribution is 0.149. The Balaban J connectivity index is 2.22. The molecule has 2 atom stereocenters. The first-order valence-electron chi connectivity index (χ1n) is 4.00. The summed E-state index contributed by atoms with van der Waals surface area (Å²) >= 11 is 2.25. The van der Waals surface area contributed by atoms with E-state index in [1.165, 1.54) is 6.08 Å². The molecule has 1 saturated heterocycles. The summed E-state index contributed by atoms with van der Waals surface area (Å²) in [6.07, 6.45) is 1.13. The van der Waals surface area contributed by atoms with Crippen molar-refractivity contribution in [1.29, 1.82) is 0 Å². The van der Waals surface area contributed by atoms with Crippen molar-refractivity contribution in [2.75, 3.05) is 19.8 Å². The van der Waals surface area contributed by atoms with E-state index in [-0.39, 0.29) is 12.6 Å². The second-order valence-corrected chi connectivity index (χ2v) is 4.29. The smallest absolute Gasteiger partial charge is 0.407 e. The van der Waals surface area contributed by atoms with Crippen LogP contribution in [0.4, 0.5) is 4.79 Å². The van der Waals surface area contributed by atoms with Crippen LogP contribution in [0, 0.1) is 0 Å². The predicted molar refractivity (Wildman–Crippen MR) is 57.1 cm³/mol. The molecular weight excluding hydrogens is 285 g/mol. The molecule has 1 fully saturated rings. The van der Waals surface area contributed by atoms with Crippen LogP contribution in [-0.2, 0) is 9.47 Å². The van der Waals surface area contributed by atoms with Gasteiger partial charge in [-0.25, -0.2) is 4.79 Å². The lowest BCUT2D eigenvalue weighted by Gasteiger charge is -2.13. The number of rotatable bonds is 3. The molecule has 0 radical (unpaired) electrons. The van der Waals surface area contributed by atoms with Gasteiger partial charge < -0.3 is 14.8 Å². The molecule has 1 amide bonds. The van der Waals surface area contributed by atoms with Crippen LogP contribution in [0.3, 0.4) is 0 Å². The van der Waals surface area contributed by atoms with Crippen LogP contribution in [-0.4, -0.2) is 35.9 Å². The summed E-state index contributed by atoms with van der Waals surface area (Å²) in [4.78, 5) is 11.1. The average Bonchev–Trinajstić information content (AvgIpc) is 2.48. The minimum atomic E-state index is -0.405. The number of hydrogen-bond acceptors (Lipinski definition) is 3. The number of halogens is 1. The molecule has 0 saturated carbocycles. The third-order valence-corrected chi connectivity index (χ3v) is 2.87. The number of carbonyl (C=O) groups is 1. The molecule has 4 nitrogen and oxygen atoms in total. The maximum absolute atomic E-state index is 11.1. The number of amides is 1. The van der Waals surface area contributed by atoms with Gasteiger partial charge in [-0.15, -0.1) is 0 Å². The number of alkyl halides is 1. The summed E-state index contributed by atoms with van der Waals surface area (Å²) in [6.45, 7) is 4.94. The van der Waals surface area contributed by atoms with E-state index >= 15 is 0 Å². The molecule has 13 heavy (non-hydrogen) atoms. The van der Waals surface area contributed by atoms with E-state index in [9.17, 15) is 4.79 Å². The topological polar surface area (TPSA) is 47.6 Å². The Morgan fingerprint density at radius 3 is 3.08 bits per heavy atom. The van der Waals surface area contributed by atoms with Crippen molar-refractivity contribution in [2.45, 2.75) is 9.97 Å². The molecule has 0 unspecified atom stereocenters. The van der Waals surface area contributed by atoms with Crippen LogP contribution in [0.25, 0.3) is 0 Å². The number of carbonyl (C=O) groups excluding carboxylic acids is 1. The first-order chi connectivity index (χ1) is 6.24. The standard InChI is InChI=1S/C8H12INO3/c1-2-3-13-8(11)10-7-5-12-4-6(7)9/h2,6-7H,1,3-5H2,(H,10,11)/t6-,7-/m0/s1. The highest BCUT2D eigenvalue weighted by molar-refractivity contribution is 14.1. The Kier molecular flexibility index (Phi) is 4.51. The van der Waals surface area contributed by atoms with Gasteiger partial charge in [0.1, 0.15) is 6.61 Å². The van der Waals surface area contributed by atoms with Crippen molar-refractivity contribution < 1.29 is 14.3 Å². The average molecular weight is 297 g/mol. The summed E-state index contributed by atoms with van der Waals surface area (Å²) in [5.74, 6) is 0. The number of alkyl carbamates (subject to hydrolysis) is 1. The second-order valence-electron chi connectivity index (χ2n) is 2.69. The molecule has 0 aromatic carbocycles. The zero-order valence-corrected chi connectivity index (χ0v) is 9.32. The maximum Gasteiger partial charge on any atom is 0.407 e. The highest BCUT2D eigenvalue weighted by Gasteiger charge is 2.27. The van der Waals surface area contributed by atoms with Crippen molar-refractivity contribution in [3.8, 4) is 0 Å². The zero-order chi connectivity index (χ0) is 9.68. The maximum atomic E-state index is 11.1. The molecule has 0 spiro atoms. The molecule has 1 rings (SSSR count). The number of hydrogen-bond donors (Lipinski definition) is 1. The van der Waals surface area contributed by atoms with Crippen LogP contribution in [0.15, 0.2) is 12.7 Å². The number of ether oxygens (including phenoxy) is 2. The van der Waals surface area contributed by atoms with Gasteiger partial charge in [-0.2, -0.15) is 0 Å². The lowest BCUT2D eigenvalue weighted by Crippen LogP contribution is -2.40. The van der Waals surface area contributed by atoms with Crippen molar-refractivity contribution in [2.24, 2.45) is 0 Å². The van der Waals surface area contributed by atoms with E-state index in [0.29, 0.717) is 17.1 Å². The van der Waals surface area contributed by atoms with E-state index in [1.807, 2.05) is 0 Å². The Bertz CT molecular complexity index is 198. The molecule has 1 N–H and O–H groups in total. The highest BCUT2D eigenvalue weighted by atomic mass is 127. The molecule has 0 bridgehead atoms. The second kappa shape index (κ2) is 5.43. The quantitative estimate of drug-likeness (QED) is 0.482. The zero-order valence-electron chi connectivity index (χ0n) is 7.16. The van der Waals surface area contributed by atoms with Crippen LogP contribution >= 0.6 is 22.6 Å². The number of nitrogens with one attached hydrogen (secondary N) is 1. The fourth-order valence-electron chi connectivity index (χ4n) is 0.988. The van der Waals surface area contributed by atoms with Gasteiger partial charge in [-0.05, 0) is 0 Å². The largest absolute Gasteiger partial charge is 0.445 e. The Morgan fingerprint density at radius 1 is 1.77 bits per heavy atom. The van der Waals surface area contributed by atoms with Crippen molar-refractivity contribution in [1.82, 2.24) is 5.32 Å². The van der Waals surface area contributed by atoms with Crippen molar-refractivity contribution in [3.63, 3.8) is 0 Å². The monoisotopic (exact) mass is 297 g/mol. The van der Waals surface area contributed by atoms with E-state index in [0.717, 1.165) is 0 Å². The van der Waals surface area contributed by atoms with Crippen LogP contribution < -0.4 is 5.32 Å². The van der Waals surface area contributed by atoms with Crippen LogP contribution in [0.5, 0.6) is 0 Å². The van der Waals surface area contributed by atoms with Crippen molar-refractivity contribution in [3.05, 3.63) is 12.7 Å². The summed E-state index contributed by atoms with van der Waals surface area (Å²) in [6, 6.07) is 0.0675. The Labute approximate surface area is 90.8 Å². The normalized spacial score (nSPS) is 26.8. The molecule has 0 aromatic heterocycles. The minimum Gasteiger partial charge on any atom is -0.445 e. The molecule has 1 aliphatic rings. The highest BCUT2D eigenvalue weighted by Crippen LogP contribution is 2.14. The first-order valence-corrected chi connectivity index (χ1v) is 5.24. The fraction of sp³-hybridized carbons (Fsp3) is 0.625. The third kappa shape index (κ3) is 3.51. The first kappa shape index (κ1) is 10.8. The third-order valence-electron chi connectivity index (χ3n) is 1.65. The SMILES string of the molecule is C=CCOC(=O)N[C@H]1COC[C@@H]1I. The van der Waals surface area contributed by atoms with E-state index in [1.54, 1.807) is 0 Å². The lowest BCUT2D eigenvalue weighted by atomic mass is 10.3. The van der Waals surface area contributed by atoms with Gasteiger partial charge in [0.05, 0.1) is 23.2 Å². The Morgan fingerprint density at radius 2 is 2.54 bits per heavy atom. The van der Waals surface area contributed by atoms with Gasteiger partial charge in [-0.3, -0.25) is 0 Å². The van der Waals surface area contributed by atoms with Gasteiger partial charge in [-0.1, -0.05) is 35.2 Å². The molecular formula is C8H12INO3. The van der Waals surface area contributed by atoms with Gasteiger partial charge >= 0.3 is 6.09 Å². The molecule has 74 valence electrons. The molecule has 1 aliphatic heterocycles. The summed E-state index contributed by atoms with van der Waals surface area (Å²) in [5.41, 5.74) is 0. The molecule has 1 heterocycles. The van der Waals surface area contributed by atoms with Crippen molar-refractivity contribution >= 4 is 28.7 Å². The van der Waals surface area contributed by atoms with Gasteiger partial charge in [0.2, 0.25) is 0 Å². The Hall–Kier alpha value is -0.300. The van der Waals surface area contributed by atoms with Crippen LogP contribution in [0.2, 0.25) is 0 Å². The van der Waals surface area contributed by atoms with E-state index in [2.05, 4.69) is 34.5 Å². The van der Waals surface area contributed by atoms with E-state index < -0.39 is 6.09 Å².